The lowest BCUT2D eigenvalue weighted by atomic mass is 10.3. The van der Waals surface area contributed by atoms with E-state index in [0.29, 0.717) is 0 Å². The first kappa shape index (κ1) is 13.3. The van der Waals surface area contributed by atoms with Crippen molar-refractivity contribution in [3.63, 3.8) is 0 Å². The number of hydrogen-bond acceptors (Lipinski definition) is 5. The third kappa shape index (κ3) is 2.98. The van der Waals surface area contributed by atoms with Gasteiger partial charge >= 0.3 is 0 Å². The maximum Gasteiger partial charge on any atom is 0.126 e. The highest BCUT2D eigenvalue weighted by Gasteiger charge is 2.32. The molecule has 1 aliphatic heterocycles. The molecule has 1 N–H and O–H groups in total. The van der Waals surface area contributed by atoms with Crippen molar-refractivity contribution in [2.45, 2.75) is 18.8 Å². The lowest BCUT2D eigenvalue weighted by Gasteiger charge is -2.14. The maximum absolute atomic E-state index is 5.43. The summed E-state index contributed by atoms with van der Waals surface area (Å²) in [6.45, 7) is 2.61. The van der Waals surface area contributed by atoms with Gasteiger partial charge in [-0.2, -0.15) is 0 Å². The maximum atomic E-state index is 5.43. The first-order chi connectivity index (χ1) is 8.76. The number of aromatic nitrogens is 1. The minimum atomic E-state index is 0.155. The summed E-state index contributed by atoms with van der Waals surface area (Å²) in [5.41, 5.74) is 1.06. The molecule has 5 heteroatoms. The van der Waals surface area contributed by atoms with Gasteiger partial charge in [0.15, 0.2) is 0 Å². The van der Waals surface area contributed by atoms with Crippen LogP contribution in [-0.2, 0) is 16.0 Å². The molecule has 1 aliphatic rings. The minimum absolute atomic E-state index is 0.155. The van der Waals surface area contributed by atoms with Gasteiger partial charge in [-0.1, -0.05) is 6.07 Å². The lowest BCUT2D eigenvalue weighted by molar-refractivity contribution is -0.00461. The first-order valence-electron chi connectivity index (χ1n) is 6.18. The van der Waals surface area contributed by atoms with Crippen LogP contribution in [0.3, 0.4) is 0 Å². The number of nitrogens with one attached hydrogen (secondary N) is 1. The van der Waals surface area contributed by atoms with Crippen LogP contribution in [0, 0.1) is 0 Å². The van der Waals surface area contributed by atoms with Gasteiger partial charge in [0.2, 0.25) is 0 Å². The molecule has 18 heavy (non-hydrogen) atoms. The topological polar surface area (TPSA) is 46.6 Å². The van der Waals surface area contributed by atoms with Crippen molar-refractivity contribution in [3.8, 4) is 0 Å². The Morgan fingerprint density at radius 2 is 1.94 bits per heavy atom. The van der Waals surface area contributed by atoms with E-state index < -0.39 is 0 Å². The van der Waals surface area contributed by atoms with Crippen LogP contribution in [0.2, 0.25) is 0 Å². The highest BCUT2D eigenvalue weighted by Crippen LogP contribution is 2.18. The van der Waals surface area contributed by atoms with Crippen molar-refractivity contribution >= 4 is 5.82 Å². The van der Waals surface area contributed by atoms with Crippen LogP contribution >= 0.6 is 0 Å². The zero-order chi connectivity index (χ0) is 13.0. The van der Waals surface area contributed by atoms with Gasteiger partial charge in [0.25, 0.3) is 0 Å². The van der Waals surface area contributed by atoms with Gasteiger partial charge in [0.1, 0.15) is 5.82 Å². The summed E-state index contributed by atoms with van der Waals surface area (Å²) in [6, 6.07) is 6.03. The van der Waals surface area contributed by atoms with Gasteiger partial charge in [-0.15, -0.1) is 0 Å². The smallest absolute Gasteiger partial charge is 0.126 e. The van der Waals surface area contributed by atoms with E-state index in [-0.39, 0.29) is 12.2 Å². The molecule has 0 bridgehead atoms. The molecule has 0 amide bonds. The number of rotatable bonds is 5. The largest absolute Gasteiger partial charge is 0.377 e. The zero-order valence-corrected chi connectivity index (χ0v) is 11.2. The van der Waals surface area contributed by atoms with E-state index >= 15 is 0 Å². The fourth-order valence-corrected chi connectivity index (χ4v) is 2.34. The molecule has 0 spiro atoms. The molecule has 2 heterocycles. The number of ether oxygens (including phenoxy) is 2. The van der Waals surface area contributed by atoms with Crippen LogP contribution in [0.5, 0.6) is 0 Å². The predicted octanol–water partition coefficient (Wildman–Crippen LogP) is 0.969. The molecule has 5 nitrogen and oxygen atoms in total. The van der Waals surface area contributed by atoms with Crippen LogP contribution in [-0.4, -0.2) is 56.4 Å². The number of likely N-dealkylation sites (tertiary alicyclic amines) is 1. The molecule has 1 fully saturated rings. The van der Waals surface area contributed by atoms with Gasteiger partial charge < -0.3 is 14.8 Å². The molecule has 1 aromatic heterocycles. The Morgan fingerprint density at radius 1 is 1.28 bits per heavy atom. The molecule has 1 aromatic rings. The number of nitrogens with zero attached hydrogens (tertiary/aromatic N) is 2. The summed E-state index contributed by atoms with van der Waals surface area (Å²) in [5.74, 6) is 0.901. The molecule has 0 saturated carbocycles. The van der Waals surface area contributed by atoms with Crippen molar-refractivity contribution < 1.29 is 9.47 Å². The van der Waals surface area contributed by atoms with Crippen LogP contribution in [0.4, 0.5) is 5.82 Å². The van der Waals surface area contributed by atoms with Crippen LogP contribution in [0.1, 0.15) is 5.69 Å². The average molecular weight is 251 g/mol. The Bertz CT molecular complexity index is 374. The third-order valence-corrected chi connectivity index (χ3v) is 3.34. The molecule has 2 rings (SSSR count). The van der Waals surface area contributed by atoms with Gasteiger partial charge in [0, 0.05) is 40.9 Å². The summed E-state index contributed by atoms with van der Waals surface area (Å²) >= 11 is 0. The Labute approximate surface area is 108 Å². The predicted molar refractivity (Wildman–Crippen MR) is 70.7 cm³/mol. The van der Waals surface area contributed by atoms with Gasteiger partial charge in [-0.3, -0.25) is 4.90 Å². The summed E-state index contributed by atoms with van der Waals surface area (Å²) < 4.78 is 10.9. The Kier molecular flexibility index (Phi) is 4.52. The standard InChI is InChI=1S/C13H21N3O2/c1-14-13-6-4-5-10(15-13)7-16-8-11(17-2)12(9-16)18-3/h4-6,11-12H,7-9H2,1-3H3,(H,14,15). The van der Waals surface area contributed by atoms with Crippen LogP contribution in [0.15, 0.2) is 18.2 Å². The first-order valence-corrected chi connectivity index (χ1v) is 6.18. The lowest BCUT2D eigenvalue weighted by Crippen LogP contribution is -2.27. The fourth-order valence-electron chi connectivity index (χ4n) is 2.34. The van der Waals surface area contributed by atoms with Gasteiger partial charge in [0.05, 0.1) is 17.9 Å². The van der Waals surface area contributed by atoms with Crippen LogP contribution in [0.25, 0.3) is 0 Å². The van der Waals surface area contributed by atoms with Gasteiger partial charge in [-0.25, -0.2) is 4.98 Å². The number of methoxy groups -OCH3 is 2. The molecule has 2 unspecified atom stereocenters. The minimum Gasteiger partial charge on any atom is -0.377 e. The van der Waals surface area contributed by atoms with E-state index in [1.165, 1.54) is 0 Å². The molecular formula is C13H21N3O2. The monoisotopic (exact) mass is 251 g/mol. The zero-order valence-electron chi connectivity index (χ0n) is 11.2. The highest BCUT2D eigenvalue weighted by atomic mass is 16.5. The second kappa shape index (κ2) is 6.13. The Morgan fingerprint density at radius 3 is 2.50 bits per heavy atom. The molecule has 100 valence electrons. The van der Waals surface area contributed by atoms with Crippen molar-refractivity contribution in [3.05, 3.63) is 23.9 Å². The van der Waals surface area contributed by atoms with Crippen LogP contribution < -0.4 is 5.32 Å². The Balaban J connectivity index is 1.97. The number of hydrogen-bond donors (Lipinski definition) is 1. The second-order valence-electron chi connectivity index (χ2n) is 4.51. The van der Waals surface area contributed by atoms with E-state index in [2.05, 4.69) is 15.2 Å². The van der Waals surface area contributed by atoms with Crippen molar-refractivity contribution in [2.24, 2.45) is 0 Å². The van der Waals surface area contributed by atoms with E-state index in [9.17, 15) is 0 Å². The summed E-state index contributed by atoms with van der Waals surface area (Å²) in [6.07, 6.45) is 0.310. The Hall–Kier alpha value is -1.17. The van der Waals surface area contributed by atoms with E-state index in [0.717, 1.165) is 31.1 Å². The van der Waals surface area contributed by atoms with Crippen molar-refractivity contribution in [2.75, 3.05) is 39.7 Å². The fraction of sp³-hybridized carbons (Fsp3) is 0.615. The number of anilines is 1. The summed E-state index contributed by atoms with van der Waals surface area (Å²) in [4.78, 5) is 6.83. The summed E-state index contributed by atoms with van der Waals surface area (Å²) in [5, 5.41) is 3.05. The van der Waals surface area contributed by atoms with E-state index in [4.69, 9.17) is 9.47 Å². The normalized spacial score (nSPS) is 24.4. The van der Waals surface area contributed by atoms with Crippen molar-refractivity contribution in [1.82, 2.24) is 9.88 Å². The molecular weight excluding hydrogens is 230 g/mol. The molecule has 0 aliphatic carbocycles. The summed E-state index contributed by atoms with van der Waals surface area (Å²) in [7, 11) is 5.35. The van der Waals surface area contributed by atoms with Gasteiger partial charge in [-0.05, 0) is 12.1 Å². The molecule has 0 radical (unpaired) electrons. The van der Waals surface area contributed by atoms with Crippen molar-refractivity contribution in [1.29, 1.82) is 0 Å². The quantitative estimate of drug-likeness (QED) is 0.845. The number of pyridine rings is 1. The average Bonchev–Trinajstić information content (AvgIpc) is 2.81. The third-order valence-electron chi connectivity index (χ3n) is 3.34. The highest BCUT2D eigenvalue weighted by molar-refractivity contribution is 5.34. The second-order valence-corrected chi connectivity index (χ2v) is 4.51. The molecule has 1 saturated heterocycles. The molecule has 2 atom stereocenters. The van der Waals surface area contributed by atoms with E-state index in [1.54, 1.807) is 14.2 Å². The SMILES string of the molecule is CNc1cccc(CN2CC(OC)C(OC)C2)n1. The molecule has 0 aromatic carbocycles. The van der Waals surface area contributed by atoms with E-state index in [1.807, 2.05) is 25.2 Å².